The number of ketones is 1. The Kier molecular flexibility index (Phi) is 3.45. The third-order valence-corrected chi connectivity index (χ3v) is 4.00. The number of hydrogen-bond donors (Lipinski definition) is 0. The molecule has 1 aromatic heterocycles. The Hall–Kier alpha value is -1.68. The first kappa shape index (κ1) is 13.7. The fraction of sp³-hybridized carbons (Fsp3) is 0.467. The van der Waals surface area contributed by atoms with E-state index in [1.54, 1.807) is 0 Å². The van der Waals surface area contributed by atoms with Crippen LogP contribution in [0.15, 0.2) is 24.3 Å². The second-order valence-corrected chi connectivity index (χ2v) is 5.63. The van der Waals surface area contributed by atoms with E-state index in [4.69, 9.17) is 0 Å². The zero-order valence-corrected chi connectivity index (χ0v) is 12.3. The summed E-state index contributed by atoms with van der Waals surface area (Å²) in [7, 11) is 5.81. The van der Waals surface area contributed by atoms with Crippen molar-refractivity contribution in [1.29, 1.82) is 0 Å². The Balaban J connectivity index is 2.32. The lowest BCUT2D eigenvalue weighted by Gasteiger charge is -2.30. The predicted octanol–water partition coefficient (Wildman–Crippen LogP) is 2.03. The molecule has 0 N–H and O–H groups in total. The quantitative estimate of drug-likeness (QED) is 0.843. The molecule has 102 valence electrons. The summed E-state index contributed by atoms with van der Waals surface area (Å²) in [6.45, 7) is 3.88. The van der Waals surface area contributed by atoms with Gasteiger partial charge in [-0.25, -0.2) is 4.98 Å². The van der Waals surface area contributed by atoms with Gasteiger partial charge in [-0.3, -0.25) is 9.69 Å². The minimum atomic E-state index is -0.474. The first-order valence-corrected chi connectivity index (χ1v) is 6.45. The van der Waals surface area contributed by atoms with Gasteiger partial charge in [0.15, 0.2) is 5.78 Å². The molecular weight excluding hydrogens is 238 g/mol. The second-order valence-electron chi connectivity index (χ2n) is 5.63. The van der Waals surface area contributed by atoms with Crippen LogP contribution in [0.25, 0.3) is 11.0 Å². The van der Waals surface area contributed by atoms with Crippen molar-refractivity contribution in [2.45, 2.75) is 25.8 Å². The van der Waals surface area contributed by atoms with Crippen LogP contribution in [-0.2, 0) is 18.3 Å². The third-order valence-electron chi connectivity index (χ3n) is 4.00. The van der Waals surface area contributed by atoms with Crippen LogP contribution in [0.3, 0.4) is 0 Å². The number of para-hydroxylation sites is 2. The summed E-state index contributed by atoms with van der Waals surface area (Å²) in [4.78, 5) is 18.9. The van der Waals surface area contributed by atoms with Crippen LogP contribution in [0, 0.1) is 0 Å². The summed E-state index contributed by atoms with van der Waals surface area (Å²) in [6, 6.07) is 7.94. The molecule has 0 aliphatic heterocycles. The van der Waals surface area contributed by atoms with Crippen molar-refractivity contribution in [2.24, 2.45) is 7.05 Å². The number of likely N-dealkylation sites (N-methyl/N-ethyl adjacent to an activating group) is 1. The van der Waals surface area contributed by atoms with Gasteiger partial charge in [-0.15, -0.1) is 0 Å². The molecule has 0 saturated heterocycles. The summed E-state index contributed by atoms with van der Waals surface area (Å²) in [5.74, 6) is 0.997. The third kappa shape index (κ3) is 2.40. The van der Waals surface area contributed by atoms with E-state index < -0.39 is 5.54 Å². The maximum atomic E-state index is 12.4. The highest BCUT2D eigenvalue weighted by molar-refractivity contribution is 5.89. The van der Waals surface area contributed by atoms with Gasteiger partial charge in [0.2, 0.25) is 0 Å². The average molecular weight is 259 g/mol. The van der Waals surface area contributed by atoms with Gasteiger partial charge < -0.3 is 4.57 Å². The molecule has 2 aromatic rings. The molecule has 0 spiro atoms. The number of nitrogens with zero attached hydrogens (tertiary/aromatic N) is 3. The second kappa shape index (κ2) is 4.78. The summed E-state index contributed by atoms with van der Waals surface area (Å²) < 4.78 is 2.00. The zero-order chi connectivity index (χ0) is 14.2. The monoisotopic (exact) mass is 259 g/mol. The minimum Gasteiger partial charge on any atom is -0.331 e. The molecule has 0 unspecified atom stereocenters. The molecule has 0 radical (unpaired) electrons. The van der Waals surface area contributed by atoms with Gasteiger partial charge in [0.05, 0.1) is 23.0 Å². The molecular formula is C15H21N3O. The lowest BCUT2D eigenvalue weighted by atomic mass is 9.95. The number of Topliss-reactive ketones (excluding diaryl/α,β-unsaturated/α-hetero) is 1. The fourth-order valence-corrected chi connectivity index (χ4v) is 1.96. The highest BCUT2D eigenvalue weighted by atomic mass is 16.1. The lowest BCUT2D eigenvalue weighted by Crippen LogP contribution is -2.46. The summed E-state index contributed by atoms with van der Waals surface area (Å²) in [6.07, 6.45) is 0.357. The maximum Gasteiger partial charge on any atom is 0.159 e. The van der Waals surface area contributed by atoms with Crippen LogP contribution in [0.2, 0.25) is 0 Å². The van der Waals surface area contributed by atoms with E-state index in [2.05, 4.69) is 4.98 Å². The van der Waals surface area contributed by atoms with Crippen molar-refractivity contribution in [1.82, 2.24) is 14.5 Å². The van der Waals surface area contributed by atoms with Gasteiger partial charge in [0.25, 0.3) is 0 Å². The van der Waals surface area contributed by atoms with Gasteiger partial charge in [0.1, 0.15) is 5.82 Å². The van der Waals surface area contributed by atoms with E-state index in [1.165, 1.54) is 0 Å². The Morgan fingerprint density at radius 1 is 1.32 bits per heavy atom. The molecule has 0 aliphatic rings. The fourth-order valence-electron chi connectivity index (χ4n) is 1.96. The van der Waals surface area contributed by atoms with E-state index >= 15 is 0 Å². The molecule has 1 aromatic carbocycles. The molecule has 4 nitrogen and oxygen atoms in total. The average Bonchev–Trinajstić information content (AvgIpc) is 2.67. The van der Waals surface area contributed by atoms with E-state index in [0.717, 1.165) is 16.9 Å². The van der Waals surface area contributed by atoms with E-state index in [0.29, 0.717) is 6.42 Å². The van der Waals surface area contributed by atoms with E-state index in [-0.39, 0.29) is 5.78 Å². The van der Waals surface area contributed by atoms with E-state index in [1.807, 2.05) is 68.7 Å². The molecule has 0 saturated carbocycles. The molecule has 0 aliphatic carbocycles. The topological polar surface area (TPSA) is 38.1 Å². The highest BCUT2D eigenvalue weighted by Crippen LogP contribution is 2.18. The van der Waals surface area contributed by atoms with Gasteiger partial charge >= 0.3 is 0 Å². The Bertz CT molecular complexity index is 611. The molecule has 0 atom stereocenters. The van der Waals surface area contributed by atoms with Crippen molar-refractivity contribution in [3.63, 3.8) is 0 Å². The Morgan fingerprint density at radius 3 is 2.53 bits per heavy atom. The number of hydrogen-bond acceptors (Lipinski definition) is 3. The minimum absolute atomic E-state index is 0.177. The molecule has 1 heterocycles. The Morgan fingerprint density at radius 2 is 1.95 bits per heavy atom. The van der Waals surface area contributed by atoms with Gasteiger partial charge in [0, 0.05) is 7.05 Å². The van der Waals surface area contributed by atoms with Crippen LogP contribution < -0.4 is 0 Å². The van der Waals surface area contributed by atoms with Gasteiger partial charge in [-0.05, 0) is 40.1 Å². The summed E-state index contributed by atoms with van der Waals surface area (Å²) >= 11 is 0. The number of benzene rings is 1. The summed E-state index contributed by atoms with van der Waals surface area (Å²) in [5, 5.41) is 0. The zero-order valence-electron chi connectivity index (χ0n) is 12.3. The first-order chi connectivity index (χ1) is 8.84. The SMILES string of the molecule is CN(C)C(C)(C)C(=O)Cc1nc2ccccc2n1C. The Labute approximate surface area is 114 Å². The van der Waals surface area contributed by atoms with Crippen molar-refractivity contribution >= 4 is 16.8 Å². The number of carbonyl (C=O) groups excluding carboxylic acids is 1. The molecule has 0 fully saturated rings. The van der Waals surface area contributed by atoms with Gasteiger partial charge in [-0.2, -0.15) is 0 Å². The molecule has 4 heteroatoms. The normalized spacial score (nSPS) is 12.3. The molecule has 0 amide bonds. The number of carbonyl (C=O) groups is 1. The lowest BCUT2D eigenvalue weighted by molar-refractivity contribution is -0.127. The smallest absolute Gasteiger partial charge is 0.159 e. The van der Waals surface area contributed by atoms with Crippen LogP contribution >= 0.6 is 0 Å². The van der Waals surface area contributed by atoms with Crippen molar-refractivity contribution in [3.8, 4) is 0 Å². The standard InChI is InChI=1S/C15H21N3O/c1-15(2,17(3)4)13(19)10-14-16-11-8-6-7-9-12(11)18(14)5/h6-9H,10H2,1-5H3. The number of imidazole rings is 1. The molecule has 2 rings (SSSR count). The number of aromatic nitrogens is 2. The van der Waals surface area contributed by atoms with Crippen molar-refractivity contribution in [2.75, 3.05) is 14.1 Å². The maximum absolute atomic E-state index is 12.4. The van der Waals surface area contributed by atoms with Crippen molar-refractivity contribution < 1.29 is 4.79 Å². The first-order valence-electron chi connectivity index (χ1n) is 6.45. The molecule has 0 bridgehead atoms. The predicted molar refractivity (Wildman–Crippen MR) is 77.2 cm³/mol. The van der Waals surface area contributed by atoms with Crippen LogP contribution in [-0.4, -0.2) is 39.9 Å². The van der Waals surface area contributed by atoms with Crippen molar-refractivity contribution in [3.05, 3.63) is 30.1 Å². The summed E-state index contributed by atoms with van der Waals surface area (Å²) in [5.41, 5.74) is 1.53. The van der Waals surface area contributed by atoms with Crippen LogP contribution in [0.1, 0.15) is 19.7 Å². The van der Waals surface area contributed by atoms with Crippen LogP contribution in [0.5, 0.6) is 0 Å². The number of aryl methyl sites for hydroxylation is 1. The molecule has 19 heavy (non-hydrogen) atoms. The van der Waals surface area contributed by atoms with Crippen LogP contribution in [0.4, 0.5) is 0 Å². The number of rotatable bonds is 4. The highest BCUT2D eigenvalue weighted by Gasteiger charge is 2.30. The van der Waals surface area contributed by atoms with E-state index in [9.17, 15) is 4.79 Å². The van der Waals surface area contributed by atoms with Gasteiger partial charge in [-0.1, -0.05) is 12.1 Å². The number of fused-ring (bicyclic) bond motifs is 1. The largest absolute Gasteiger partial charge is 0.331 e.